The van der Waals surface area contributed by atoms with Crippen LogP contribution in [0.15, 0.2) is 47.8 Å². The van der Waals surface area contributed by atoms with Gasteiger partial charge < -0.3 is 10.2 Å². The fraction of sp³-hybridized carbons (Fsp3) is 0.304. The summed E-state index contributed by atoms with van der Waals surface area (Å²) in [5.41, 5.74) is 6.18. The van der Waals surface area contributed by atoms with E-state index in [4.69, 9.17) is 4.98 Å². The summed E-state index contributed by atoms with van der Waals surface area (Å²) in [6.45, 7) is 9.14. The maximum absolute atomic E-state index is 12.9. The molecule has 28 heavy (non-hydrogen) atoms. The molecule has 1 aliphatic heterocycles. The summed E-state index contributed by atoms with van der Waals surface area (Å²) in [7, 11) is 0. The number of hydrogen-bond acceptors (Lipinski definition) is 4. The number of nitrogens with one attached hydrogen (secondary N) is 1. The highest BCUT2D eigenvalue weighted by Crippen LogP contribution is 2.34. The van der Waals surface area contributed by atoms with Crippen molar-refractivity contribution in [3.8, 4) is 11.3 Å². The van der Waals surface area contributed by atoms with E-state index >= 15 is 0 Å². The van der Waals surface area contributed by atoms with Crippen molar-refractivity contribution in [2.45, 2.75) is 39.7 Å². The van der Waals surface area contributed by atoms with Crippen LogP contribution < -0.4 is 10.2 Å². The van der Waals surface area contributed by atoms with Gasteiger partial charge in [0.25, 0.3) is 5.91 Å². The number of carbonyl (C=O) groups excluding carboxylic acids is 1. The molecule has 0 fully saturated rings. The molecule has 144 valence electrons. The van der Waals surface area contributed by atoms with Gasteiger partial charge in [0, 0.05) is 34.3 Å². The van der Waals surface area contributed by atoms with Gasteiger partial charge >= 0.3 is 0 Å². The summed E-state index contributed by atoms with van der Waals surface area (Å²) in [6.07, 6.45) is 0.873. The minimum Gasteiger partial charge on any atom is -0.357 e. The number of anilines is 2. The number of fused-ring (bicyclic) bond motifs is 1. The lowest BCUT2D eigenvalue weighted by Crippen LogP contribution is -2.28. The highest BCUT2D eigenvalue weighted by Gasteiger charge is 2.26. The summed E-state index contributed by atoms with van der Waals surface area (Å²) >= 11 is 1.62. The van der Waals surface area contributed by atoms with Crippen LogP contribution in [0.4, 0.5) is 10.8 Å². The zero-order valence-electron chi connectivity index (χ0n) is 16.7. The standard InChI is InChI=1S/C23H25N3OS/c1-15-5-7-16(8-6-15)21(27)26-12-11-18-13-17(9-10-20(18)26)19-14-28-22(24-19)25-23(2,3)4/h5-10,13-14H,11-12H2,1-4H3,(H,24,25). The van der Waals surface area contributed by atoms with Gasteiger partial charge in [-0.1, -0.05) is 23.8 Å². The number of benzene rings is 2. The minimum absolute atomic E-state index is 0.0100. The molecular weight excluding hydrogens is 366 g/mol. The molecule has 1 amide bonds. The quantitative estimate of drug-likeness (QED) is 0.638. The highest BCUT2D eigenvalue weighted by molar-refractivity contribution is 7.14. The first kappa shape index (κ1) is 18.7. The summed E-state index contributed by atoms with van der Waals surface area (Å²) in [4.78, 5) is 19.5. The summed E-state index contributed by atoms with van der Waals surface area (Å²) in [5.74, 6) is 0.0665. The van der Waals surface area contributed by atoms with Gasteiger partial charge in [-0.2, -0.15) is 0 Å². The van der Waals surface area contributed by atoms with Crippen LogP contribution >= 0.6 is 11.3 Å². The van der Waals surface area contributed by atoms with Crippen molar-refractivity contribution < 1.29 is 4.79 Å². The van der Waals surface area contributed by atoms with Crippen LogP contribution in [0.3, 0.4) is 0 Å². The zero-order chi connectivity index (χ0) is 19.9. The van der Waals surface area contributed by atoms with Gasteiger partial charge in [-0.25, -0.2) is 4.98 Å². The Morgan fingerprint density at radius 1 is 1.14 bits per heavy atom. The largest absolute Gasteiger partial charge is 0.357 e. The van der Waals surface area contributed by atoms with Crippen molar-refractivity contribution in [1.82, 2.24) is 4.98 Å². The minimum atomic E-state index is -0.0100. The summed E-state index contributed by atoms with van der Waals surface area (Å²) < 4.78 is 0. The topological polar surface area (TPSA) is 45.2 Å². The van der Waals surface area contributed by atoms with E-state index in [2.05, 4.69) is 49.7 Å². The number of thiazole rings is 1. The Labute approximate surface area is 170 Å². The zero-order valence-corrected chi connectivity index (χ0v) is 17.6. The van der Waals surface area contributed by atoms with Gasteiger partial charge in [-0.3, -0.25) is 4.79 Å². The molecule has 1 aromatic heterocycles. The molecule has 0 aliphatic carbocycles. The third-order valence-electron chi connectivity index (χ3n) is 4.80. The molecule has 3 aromatic rings. The molecule has 0 spiro atoms. The third kappa shape index (κ3) is 3.80. The predicted molar refractivity (Wildman–Crippen MR) is 117 cm³/mol. The van der Waals surface area contributed by atoms with Crippen molar-refractivity contribution in [1.29, 1.82) is 0 Å². The Balaban J connectivity index is 1.57. The van der Waals surface area contributed by atoms with Gasteiger partial charge in [0.05, 0.1) is 5.69 Å². The lowest BCUT2D eigenvalue weighted by Gasteiger charge is -2.19. The molecule has 1 aliphatic rings. The molecule has 1 N–H and O–H groups in total. The molecule has 0 atom stereocenters. The Bertz CT molecular complexity index is 1020. The van der Waals surface area contributed by atoms with Gasteiger partial charge in [-0.05, 0) is 63.9 Å². The van der Waals surface area contributed by atoms with Crippen molar-refractivity contribution in [3.05, 3.63) is 64.5 Å². The molecule has 0 saturated heterocycles. The molecule has 2 heterocycles. The normalized spacial score (nSPS) is 13.5. The lowest BCUT2D eigenvalue weighted by atomic mass is 10.1. The fourth-order valence-corrected chi connectivity index (χ4v) is 4.34. The van der Waals surface area contributed by atoms with Gasteiger partial charge in [-0.15, -0.1) is 11.3 Å². The van der Waals surface area contributed by atoms with E-state index in [9.17, 15) is 4.79 Å². The van der Waals surface area contributed by atoms with Gasteiger partial charge in [0.1, 0.15) is 0 Å². The van der Waals surface area contributed by atoms with Crippen LogP contribution in [0, 0.1) is 6.92 Å². The van der Waals surface area contributed by atoms with Crippen LogP contribution in [-0.4, -0.2) is 23.0 Å². The average Bonchev–Trinajstić information content (AvgIpc) is 3.26. The van der Waals surface area contributed by atoms with E-state index in [1.54, 1.807) is 11.3 Å². The second kappa shape index (κ2) is 7.06. The highest BCUT2D eigenvalue weighted by atomic mass is 32.1. The van der Waals surface area contributed by atoms with Crippen molar-refractivity contribution in [2.24, 2.45) is 0 Å². The molecule has 0 bridgehead atoms. The number of hydrogen-bond donors (Lipinski definition) is 1. The van der Waals surface area contributed by atoms with Crippen molar-refractivity contribution in [2.75, 3.05) is 16.8 Å². The van der Waals surface area contributed by atoms with E-state index in [0.29, 0.717) is 0 Å². The van der Waals surface area contributed by atoms with E-state index < -0.39 is 0 Å². The molecule has 0 radical (unpaired) electrons. The second-order valence-electron chi connectivity index (χ2n) is 8.33. The third-order valence-corrected chi connectivity index (χ3v) is 5.56. The molecule has 4 nitrogen and oxygen atoms in total. The Hall–Kier alpha value is -2.66. The first-order valence-electron chi connectivity index (χ1n) is 9.56. The Morgan fingerprint density at radius 2 is 1.89 bits per heavy atom. The molecule has 0 unspecified atom stereocenters. The molecule has 0 saturated carbocycles. The Morgan fingerprint density at radius 3 is 2.61 bits per heavy atom. The van der Waals surface area contributed by atoms with Crippen LogP contribution in [0.25, 0.3) is 11.3 Å². The maximum atomic E-state index is 12.9. The van der Waals surface area contributed by atoms with Crippen LogP contribution in [0.1, 0.15) is 42.3 Å². The van der Waals surface area contributed by atoms with Crippen molar-refractivity contribution in [3.63, 3.8) is 0 Å². The number of aromatic nitrogens is 1. The van der Waals surface area contributed by atoms with Gasteiger partial charge in [0.2, 0.25) is 0 Å². The van der Waals surface area contributed by atoms with Gasteiger partial charge in [0.15, 0.2) is 5.13 Å². The molecule has 2 aromatic carbocycles. The SMILES string of the molecule is Cc1ccc(C(=O)N2CCc3cc(-c4csc(NC(C)(C)C)n4)ccc32)cc1. The molecular formula is C23H25N3OS. The number of amides is 1. The lowest BCUT2D eigenvalue weighted by molar-refractivity contribution is 0.0989. The van der Waals surface area contributed by atoms with E-state index in [0.717, 1.165) is 46.2 Å². The summed E-state index contributed by atoms with van der Waals surface area (Å²) in [6, 6.07) is 14.1. The molecule has 5 heteroatoms. The van der Waals surface area contributed by atoms with E-state index in [1.165, 1.54) is 5.56 Å². The predicted octanol–water partition coefficient (Wildman–Crippen LogP) is 5.53. The van der Waals surface area contributed by atoms with Crippen LogP contribution in [0.2, 0.25) is 0 Å². The number of carbonyl (C=O) groups is 1. The first-order valence-corrected chi connectivity index (χ1v) is 10.4. The fourth-order valence-electron chi connectivity index (χ4n) is 3.41. The van der Waals surface area contributed by atoms with E-state index in [1.807, 2.05) is 36.1 Å². The smallest absolute Gasteiger partial charge is 0.258 e. The average molecular weight is 392 g/mol. The monoisotopic (exact) mass is 391 g/mol. The molecule has 4 rings (SSSR count). The Kier molecular flexibility index (Phi) is 4.71. The van der Waals surface area contributed by atoms with E-state index in [-0.39, 0.29) is 11.4 Å². The van der Waals surface area contributed by atoms with Crippen LogP contribution in [-0.2, 0) is 6.42 Å². The van der Waals surface area contributed by atoms with Crippen LogP contribution in [0.5, 0.6) is 0 Å². The number of nitrogens with zero attached hydrogens (tertiary/aromatic N) is 2. The van der Waals surface area contributed by atoms with Crippen molar-refractivity contribution >= 4 is 28.1 Å². The number of aryl methyl sites for hydroxylation is 1. The first-order chi connectivity index (χ1) is 13.3. The second-order valence-corrected chi connectivity index (χ2v) is 9.19. The maximum Gasteiger partial charge on any atom is 0.258 e. The number of rotatable bonds is 3. The summed E-state index contributed by atoms with van der Waals surface area (Å²) in [5, 5.41) is 6.44.